The maximum atomic E-state index is 11.7. The van der Waals surface area contributed by atoms with Crippen LogP contribution in [-0.2, 0) is 9.53 Å². The first-order chi connectivity index (χ1) is 9.83. The third kappa shape index (κ3) is 2.56. The molecule has 0 saturated heterocycles. The zero-order valence-electron chi connectivity index (χ0n) is 10.5. The number of aliphatic imine (C=N–C) groups is 1. The van der Waals surface area contributed by atoms with E-state index in [9.17, 15) is 4.79 Å². The number of benzene rings is 2. The predicted octanol–water partition coefficient (Wildman–Crippen LogP) is 2.42. The number of ether oxygens (including phenoxy) is 1. The minimum atomic E-state index is -0.563. The summed E-state index contributed by atoms with van der Waals surface area (Å²) in [6.07, 6.45) is 0. The van der Waals surface area contributed by atoms with Crippen LogP contribution in [0.1, 0.15) is 5.56 Å². The number of cyclic esters (lactones) is 1. The van der Waals surface area contributed by atoms with Crippen molar-refractivity contribution in [3.63, 3.8) is 0 Å². The number of carbonyl (C=O) groups is 1. The van der Waals surface area contributed by atoms with Gasteiger partial charge in [-0.15, -0.1) is 5.10 Å². The number of hydrazone groups is 1. The molecule has 0 radical (unpaired) electrons. The van der Waals surface area contributed by atoms with Crippen LogP contribution >= 0.6 is 0 Å². The first kappa shape index (κ1) is 12.1. The van der Waals surface area contributed by atoms with E-state index < -0.39 is 5.97 Å². The Balaban J connectivity index is 1.80. The smallest absolute Gasteiger partial charge is 0.385 e. The molecule has 1 aliphatic heterocycles. The van der Waals surface area contributed by atoms with Crippen molar-refractivity contribution in [3.05, 3.63) is 66.2 Å². The molecule has 0 bridgehead atoms. The number of hydrogen-bond acceptors (Lipinski definition) is 4. The zero-order chi connectivity index (χ0) is 13.8. The molecular weight excluding hydrogens is 254 g/mol. The third-order valence-corrected chi connectivity index (χ3v) is 2.66. The highest BCUT2D eigenvalue weighted by Crippen LogP contribution is 2.11. The van der Waals surface area contributed by atoms with Gasteiger partial charge in [-0.3, -0.25) is 5.43 Å². The largest absolute Gasteiger partial charge is 0.401 e. The molecule has 5 heteroatoms. The van der Waals surface area contributed by atoms with Gasteiger partial charge in [-0.2, -0.15) is 4.99 Å². The van der Waals surface area contributed by atoms with Gasteiger partial charge in [0.05, 0.1) is 5.69 Å². The molecule has 2 aromatic rings. The summed E-state index contributed by atoms with van der Waals surface area (Å²) in [4.78, 5) is 15.8. The third-order valence-electron chi connectivity index (χ3n) is 2.66. The lowest BCUT2D eigenvalue weighted by molar-refractivity contribution is -0.127. The van der Waals surface area contributed by atoms with Crippen LogP contribution in [0.25, 0.3) is 0 Å². The lowest BCUT2D eigenvalue weighted by Gasteiger charge is -1.97. The molecule has 0 unspecified atom stereocenters. The van der Waals surface area contributed by atoms with Gasteiger partial charge in [-0.25, -0.2) is 4.79 Å². The van der Waals surface area contributed by atoms with Crippen LogP contribution in [-0.4, -0.2) is 17.7 Å². The number of anilines is 1. The molecule has 20 heavy (non-hydrogen) atoms. The molecule has 2 aromatic carbocycles. The minimum absolute atomic E-state index is 0.00714. The fourth-order valence-electron chi connectivity index (χ4n) is 1.70. The van der Waals surface area contributed by atoms with Crippen molar-refractivity contribution in [1.29, 1.82) is 0 Å². The van der Waals surface area contributed by atoms with Crippen molar-refractivity contribution in [2.45, 2.75) is 0 Å². The van der Waals surface area contributed by atoms with E-state index in [1.165, 1.54) is 0 Å². The van der Waals surface area contributed by atoms with Gasteiger partial charge < -0.3 is 4.74 Å². The molecule has 0 spiro atoms. The highest BCUT2D eigenvalue weighted by molar-refractivity contribution is 6.43. The number of para-hydroxylation sites is 1. The summed E-state index contributed by atoms with van der Waals surface area (Å²) in [7, 11) is 0. The normalized spacial score (nSPS) is 15.9. The molecule has 1 N–H and O–H groups in total. The number of amidine groups is 1. The molecule has 0 saturated carbocycles. The fourth-order valence-corrected chi connectivity index (χ4v) is 1.70. The predicted molar refractivity (Wildman–Crippen MR) is 76.6 cm³/mol. The topological polar surface area (TPSA) is 63.0 Å². The number of carbonyl (C=O) groups excluding carboxylic acids is 1. The van der Waals surface area contributed by atoms with Crippen molar-refractivity contribution in [2.75, 3.05) is 5.43 Å². The second kappa shape index (κ2) is 5.36. The van der Waals surface area contributed by atoms with Crippen LogP contribution in [0.5, 0.6) is 0 Å². The van der Waals surface area contributed by atoms with Crippen molar-refractivity contribution in [3.8, 4) is 0 Å². The summed E-state index contributed by atoms with van der Waals surface area (Å²) in [5.74, 6) is -0.288. The standard InChI is InChI=1S/C15H11N3O2/c19-15-13(18-17-12-9-5-2-6-10-12)16-14(20-15)11-7-3-1-4-8-11/h1-10,17H/b18-13+. The zero-order valence-corrected chi connectivity index (χ0v) is 10.5. The van der Waals surface area contributed by atoms with Gasteiger partial charge in [0.25, 0.3) is 5.84 Å². The second-order valence-electron chi connectivity index (χ2n) is 4.09. The van der Waals surface area contributed by atoms with Crippen LogP contribution in [0.15, 0.2) is 70.8 Å². The SMILES string of the molecule is O=C1OC(c2ccccc2)=N/C1=N/Nc1ccccc1. The van der Waals surface area contributed by atoms with Gasteiger partial charge in [-0.05, 0) is 24.3 Å². The molecule has 5 nitrogen and oxygen atoms in total. The average molecular weight is 265 g/mol. The molecule has 0 aliphatic carbocycles. The Morgan fingerprint density at radius 2 is 1.60 bits per heavy atom. The van der Waals surface area contributed by atoms with E-state index in [1.54, 1.807) is 0 Å². The van der Waals surface area contributed by atoms with Crippen LogP contribution in [0, 0.1) is 0 Å². The molecule has 3 rings (SSSR count). The van der Waals surface area contributed by atoms with Gasteiger partial charge in [0.1, 0.15) is 0 Å². The first-order valence-electron chi connectivity index (χ1n) is 6.08. The van der Waals surface area contributed by atoms with E-state index in [1.807, 2.05) is 60.7 Å². The molecular formula is C15H11N3O2. The minimum Gasteiger partial charge on any atom is -0.401 e. The Bertz CT molecular complexity index is 679. The van der Waals surface area contributed by atoms with E-state index >= 15 is 0 Å². The Morgan fingerprint density at radius 3 is 2.30 bits per heavy atom. The summed E-state index contributed by atoms with van der Waals surface area (Å²) >= 11 is 0. The average Bonchev–Trinajstić information content (AvgIpc) is 2.88. The van der Waals surface area contributed by atoms with Gasteiger partial charge >= 0.3 is 5.97 Å². The summed E-state index contributed by atoms with van der Waals surface area (Å²) in [6, 6.07) is 18.5. The maximum Gasteiger partial charge on any atom is 0.385 e. The van der Waals surface area contributed by atoms with Gasteiger partial charge in [0, 0.05) is 5.56 Å². The number of esters is 1. The number of nitrogens with one attached hydrogen (secondary N) is 1. The highest BCUT2D eigenvalue weighted by atomic mass is 16.6. The summed E-state index contributed by atoms with van der Waals surface area (Å²) in [6.45, 7) is 0. The Hall–Kier alpha value is -2.95. The summed E-state index contributed by atoms with van der Waals surface area (Å²) in [5.41, 5.74) is 4.28. The van der Waals surface area contributed by atoms with Crippen LogP contribution in [0.2, 0.25) is 0 Å². The molecule has 0 atom stereocenters. The van der Waals surface area contributed by atoms with Gasteiger partial charge in [0.2, 0.25) is 5.90 Å². The first-order valence-corrected chi connectivity index (χ1v) is 6.08. The van der Waals surface area contributed by atoms with Gasteiger partial charge in [0.15, 0.2) is 0 Å². The Kier molecular flexibility index (Phi) is 3.24. The summed E-state index contributed by atoms with van der Waals surface area (Å²) < 4.78 is 5.09. The molecule has 1 aliphatic rings. The molecule has 1 heterocycles. The van der Waals surface area contributed by atoms with E-state index in [4.69, 9.17) is 4.74 Å². The molecule has 0 fully saturated rings. The van der Waals surface area contributed by atoms with Crippen molar-refractivity contribution < 1.29 is 9.53 Å². The number of hydrogen-bond donors (Lipinski definition) is 1. The van der Waals surface area contributed by atoms with Crippen LogP contribution < -0.4 is 5.43 Å². The van der Waals surface area contributed by atoms with Gasteiger partial charge in [-0.1, -0.05) is 36.4 Å². The lowest BCUT2D eigenvalue weighted by Crippen LogP contribution is -2.10. The van der Waals surface area contributed by atoms with Crippen molar-refractivity contribution in [2.24, 2.45) is 10.1 Å². The maximum absolute atomic E-state index is 11.7. The molecule has 0 amide bonds. The molecule has 0 aromatic heterocycles. The Labute approximate surface area is 115 Å². The van der Waals surface area contributed by atoms with Crippen molar-refractivity contribution >= 4 is 23.4 Å². The quantitative estimate of drug-likeness (QED) is 0.684. The van der Waals surface area contributed by atoms with Crippen molar-refractivity contribution in [1.82, 2.24) is 0 Å². The van der Waals surface area contributed by atoms with E-state index in [-0.39, 0.29) is 11.7 Å². The lowest BCUT2D eigenvalue weighted by atomic mass is 10.2. The monoisotopic (exact) mass is 265 g/mol. The van der Waals surface area contributed by atoms with E-state index in [0.717, 1.165) is 11.3 Å². The van der Waals surface area contributed by atoms with Crippen LogP contribution in [0.3, 0.4) is 0 Å². The fraction of sp³-hybridized carbons (Fsp3) is 0. The number of rotatable bonds is 3. The Morgan fingerprint density at radius 1 is 0.950 bits per heavy atom. The summed E-state index contributed by atoms with van der Waals surface area (Å²) in [5, 5.41) is 3.95. The second-order valence-corrected chi connectivity index (χ2v) is 4.09. The number of nitrogens with zero attached hydrogens (tertiary/aromatic N) is 2. The highest BCUT2D eigenvalue weighted by Gasteiger charge is 2.25. The van der Waals surface area contributed by atoms with E-state index in [2.05, 4.69) is 15.5 Å². The molecule has 98 valence electrons. The van der Waals surface area contributed by atoms with E-state index in [0.29, 0.717) is 0 Å². The van der Waals surface area contributed by atoms with Crippen LogP contribution in [0.4, 0.5) is 5.69 Å².